The Bertz CT molecular complexity index is 157. The van der Waals surface area contributed by atoms with Crippen molar-refractivity contribution >= 4 is 11.9 Å². The molecule has 0 aliphatic rings. The molecule has 5 heteroatoms. The van der Waals surface area contributed by atoms with Crippen molar-refractivity contribution in [3.63, 3.8) is 0 Å². The summed E-state index contributed by atoms with van der Waals surface area (Å²) in [6.45, 7) is 0. The first kappa shape index (κ1) is 9.90. The van der Waals surface area contributed by atoms with Crippen LogP contribution in [-0.2, 0) is 14.3 Å². The zero-order valence-corrected chi connectivity index (χ0v) is 6.37. The van der Waals surface area contributed by atoms with E-state index in [0.717, 1.165) is 0 Å². The van der Waals surface area contributed by atoms with Gasteiger partial charge in [0.2, 0.25) is 0 Å². The summed E-state index contributed by atoms with van der Waals surface area (Å²) < 4.78 is 4.35. The summed E-state index contributed by atoms with van der Waals surface area (Å²) in [7, 11) is 1.25. The number of aliphatic carboxylic acids is 1. The Labute approximate surface area is 64.1 Å². The van der Waals surface area contributed by atoms with Gasteiger partial charge in [0.05, 0.1) is 13.5 Å². The standard InChI is InChI=1S/C6H11NO4/c1-11-6(10)4(7)2-3-5(8)9/h4H,2-3,7H2,1H3,(H,8,9)/p+1/t4-/m0/s1. The Morgan fingerprint density at radius 1 is 1.64 bits per heavy atom. The molecule has 0 amide bonds. The van der Waals surface area contributed by atoms with Crippen LogP contribution in [0.2, 0.25) is 0 Å². The average Bonchev–Trinajstić information content (AvgIpc) is 1.98. The molecule has 0 aromatic rings. The summed E-state index contributed by atoms with van der Waals surface area (Å²) in [5, 5.41) is 8.24. The number of carboxylic acid groups (broad SMARTS) is 1. The summed E-state index contributed by atoms with van der Waals surface area (Å²) in [5.41, 5.74) is 3.44. The third-order valence-electron chi connectivity index (χ3n) is 1.24. The van der Waals surface area contributed by atoms with E-state index < -0.39 is 18.0 Å². The number of ether oxygens (including phenoxy) is 1. The molecule has 0 saturated heterocycles. The van der Waals surface area contributed by atoms with Gasteiger partial charge in [-0.2, -0.15) is 0 Å². The first-order chi connectivity index (χ1) is 5.07. The van der Waals surface area contributed by atoms with Crippen LogP contribution in [0.3, 0.4) is 0 Å². The number of hydrogen-bond donors (Lipinski definition) is 2. The molecule has 0 bridgehead atoms. The molecule has 0 rings (SSSR count). The number of quaternary nitrogens is 1. The van der Waals surface area contributed by atoms with Crippen molar-refractivity contribution in [1.82, 2.24) is 0 Å². The SMILES string of the molecule is COC(=O)[C@@H]([NH3+])CCC(=O)O. The summed E-state index contributed by atoms with van der Waals surface area (Å²) in [6.07, 6.45) is 0.172. The molecule has 0 aliphatic carbocycles. The van der Waals surface area contributed by atoms with Crippen LogP contribution in [0.15, 0.2) is 0 Å². The van der Waals surface area contributed by atoms with Crippen LogP contribution in [0.1, 0.15) is 12.8 Å². The van der Waals surface area contributed by atoms with E-state index in [1.807, 2.05) is 0 Å². The van der Waals surface area contributed by atoms with Crippen molar-refractivity contribution in [1.29, 1.82) is 0 Å². The topological polar surface area (TPSA) is 91.2 Å². The highest BCUT2D eigenvalue weighted by Gasteiger charge is 2.18. The quantitative estimate of drug-likeness (QED) is 0.499. The molecule has 0 radical (unpaired) electrons. The molecule has 4 N–H and O–H groups in total. The molecule has 0 heterocycles. The molecule has 0 aliphatic heterocycles. The second-order valence-electron chi connectivity index (χ2n) is 2.15. The van der Waals surface area contributed by atoms with Crippen LogP contribution in [0.5, 0.6) is 0 Å². The maximum Gasteiger partial charge on any atom is 0.364 e. The zero-order chi connectivity index (χ0) is 8.85. The predicted molar refractivity (Wildman–Crippen MR) is 35.6 cm³/mol. The van der Waals surface area contributed by atoms with Gasteiger partial charge in [0.25, 0.3) is 0 Å². The average molecular weight is 162 g/mol. The molecule has 1 atom stereocenters. The smallest absolute Gasteiger partial charge is 0.364 e. The number of rotatable bonds is 4. The molecular weight excluding hydrogens is 150 g/mol. The number of carboxylic acids is 1. The fourth-order valence-corrected chi connectivity index (χ4v) is 0.582. The Morgan fingerprint density at radius 3 is 2.55 bits per heavy atom. The van der Waals surface area contributed by atoms with Gasteiger partial charge in [0.1, 0.15) is 0 Å². The minimum Gasteiger partial charge on any atom is -0.481 e. The first-order valence-corrected chi connectivity index (χ1v) is 3.20. The van der Waals surface area contributed by atoms with E-state index in [0.29, 0.717) is 0 Å². The molecule has 0 unspecified atom stereocenters. The molecular formula is C6H12NO4+. The molecule has 0 aromatic heterocycles. The normalized spacial score (nSPS) is 12.2. The van der Waals surface area contributed by atoms with Crippen molar-refractivity contribution < 1.29 is 25.2 Å². The highest BCUT2D eigenvalue weighted by Crippen LogP contribution is 1.93. The van der Waals surface area contributed by atoms with Gasteiger partial charge in [-0.15, -0.1) is 0 Å². The van der Waals surface area contributed by atoms with Gasteiger partial charge >= 0.3 is 11.9 Å². The third kappa shape index (κ3) is 4.32. The maximum atomic E-state index is 10.6. The van der Waals surface area contributed by atoms with E-state index in [4.69, 9.17) is 5.11 Å². The van der Waals surface area contributed by atoms with E-state index >= 15 is 0 Å². The summed E-state index contributed by atoms with van der Waals surface area (Å²) in [6, 6.07) is -0.573. The lowest BCUT2D eigenvalue weighted by molar-refractivity contribution is -0.409. The number of carbonyl (C=O) groups excluding carboxylic acids is 1. The first-order valence-electron chi connectivity index (χ1n) is 3.20. The molecule has 5 nitrogen and oxygen atoms in total. The lowest BCUT2D eigenvalue weighted by atomic mass is 10.2. The number of esters is 1. The van der Waals surface area contributed by atoms with Crippen LogP contribution in [0.25, 0.3) is 0 Å². The summed E-state index contributed by atoms with van der Waals surface area (Å²) in [4.78, 5) is 20.7. The van der Waals surface area contributed by atoms with Crippen LogP contribution < -0.4 is 5.73 Å². The lowest BCUT2D eigenvalue weighted by Gasteiger charge is -2.02. The van der Waals surface area contributed by atoms with Crippen LogP contribution in [0.4, 0.5) is 0 Å². The van der Waals surface area contributed by atoms with E-state index in [-0.39, 0.29) is 12.8 Å². The highest BCUT2D eigenvalue weighted by molar-refractivity contribution is 5.75. The van der Waals surface area contributed by atoms with Gasteiger partial charge < -0.3 is 15.6 Å². The van der Waals surface area contributed by atoms with Gasteiger partial charge in [-0.1, -0.05) is 0 Å². The minimum absolute atomic E-state index is 0.0523. The van der Waals surface area contributed by atoms with Gasteiger partial charge in [-0.05, 0) is 0 Å². The van der Waals surface area contributed by atoms with E-state index in [2.05, 4.69) is 10.5 Å². The molecule has 0 spiro atoms. The predicted octanol–water partition coefficient (Wildman–Crippen LogP) is -1.37. The third-order valence-corrected chi connectivity index (χ3v) is 1.24. The Hall–Kier alpha value is -1.10. The monoisotopic (exact) mass is 162 g/mol. The summed E-state index contributed by atoms with van der Waals surface area (Å²) in [5.74, 6) is -1.39. The molecule has 0 aromatic carbocycles. The maximum absolute atomic E-state index is 10.6. The number of carbonyl (C=O) groups is 2. The van der Waals surface area contributed by atoms with Gasteiger partial charge in [0, 0.05) is 6.42 Å². The Balaban J connectivity index is 3.60. The van der Waals surface area contributed by atoms with Gasteiger partial charge in [-0.25, -0.2) is 4.79 Å². The van der Waals surface area contributed by atoms with E-state index in [1.165, 1.54) is 7.11 Å². The van der Waals surface area contributed by atoms with Crippen molar-refractivity contribution in [2.45, 2.75) is 18.9 Å². The second kappa shape index (κ2) is 4.68. The fourth-order valence-electron chi connectivity index (χ4n) is 0.582. The molecule has 0 saturated carbocycles. The van der Waals surface area contributed by atoms with Crippen molar-refractivity contribution in [3.8, 4) is 0 Å². The Morgan fingerprint density at radius 2 is 2.18 bits per heavy atom. The van der Waals surface area contributed by atoms with Crippen molar-refractivity contribution in [2.75, 3.05) is 7.11 Å². The van der Waals surface area contributed by atoms with Crippen molar-refractivity contribution in [3.05, 3.63) is 0 Å². The lowest BCUT2D eigenvalue weighted by Crippen LogP contribution is -2.65. The van der Waals surface area contributed by atoms with Gasteiger partial charge in [0.15, 0.2) is 6.04 Å². The Kier molecular flexibility index (Phi) is 4.21. The van der Waals surface area contributed by atoms with Crippen molar-refractivity contribution in [2.24, 2.45) is 0 Å². The molecule has 0 fully saturated rings. The highest BCUT2D eigenvalue weighted by atomic mass is 16.5. The molecule has 11 heavy (non-hydrogen) atoms. The van der Waals surface area contributed by atoms with E-state index in [1.54, 1.807) is 0 Å². The fraction of sp³-hybridized carbons (Fsp3) is 0.667. The zero-order valence-electron chi connectivity index (χ0n) is 6.37. The number of methoxy groups -OCH3 is 1. The molecule has 64 valence electrons. The minimum atomic E-state index is -0.928. The number of hydrogen-bond acceptors (Lipinski definition) is 3. The van der Waals surface area contributed by atoms with Crippen LogP contribution >= 0.6 is 0 Å². The second-order valence-corrected chi connectivity index (χ2v) is 2.15. The van der Waals surface area contributed by atoms with Crippen LogP contribution in [-0.4, -0.2) is 30.2 Å². The largest absolute Gasteiger partial charge is 0.481 e. The summed E-state index contributed by atoms with van der Waals surface area (Å²) >= 11 is 0. The van der Waals surface area contributed by atoms with E-state index in [9.17, 15) is 9.59 Å². The van der Waals surface area contributed by atoms with Gasteiger partial charge in [-0.3, -0.25) is 4.79 Å². The van der Waals surface area contributed by atoms with Crippen LogP contribution in [0, 0.1) is 0 Å².